The van der Waals surface area contributed by atoms with Gasteiger partial charge in [-0.1, -0.05) is 0 Å². The highest BCUT2D eigenvalue weighted by atomic mass is 19.1. The van der Waals surface area contributed by atoms with Crippen LogP contribution in [0.2, 0.25) is 0 Å². The highest BCUT2D eigenvalue weighted by molar-refractivity contribution is 5.77. The molecule has 0 saturated carbocycles. The number of nitrogens with two attached hydrogens (primary N) is 1. The number of carbonyl (C=O) groups is 1. The summed E-state index contributed by atoms with van der Waals surface area (Å²) in [6, 6.07) is 7.42. The Kier molecular flexibility index (Phi) is 4.41. The predicted octanol–water partition coefficient (Wildman–Crippen LogP) is 2.84. The van der Waals surface area contributed by atoms with E-state index >= 15 is 0 Å². The molecule has 0 radical (unpaired) electrons. The van der Waals surface area contributed by atoms with E-state index < -0.39 is 11.4 Å². The van der Waals surface area contributed by atoms with Crippen molar-refractivity contribution in [3.63, 3.8) is 0 Å². The largest absolute Gasteiger partial charge is 0.481 e. The highest BCUT2D eigenvalue weighted by Crippen LogP contribution is 2.32. The van der Waals surface area contributed by atoms with Crippen molar-refractivity contribution in [2.45, 2.75) is 20.4 Å². The van der Waals surface area contributed by atoms with E-state index in [9.17, 15) is 14.3 Å². The second-order valence-corrected chi connectivity index (χ2v) is 6.57. The van der Waals surface area contributed by atoms with Crippen LogP contribution in [0.3, 0.4) is 0 Å². The molecule has 3 aromatic rings. The molecular formula is C18H18FN5O2. The van der Waals surface area contributed by atoms with Crippen LogP contribution in [0.15, 0.2) is 42.9 Å². The molecule has 3 rings (SSSR count). The van der Waals surface area contributed by atoms with E-state index in [0.29, 0.717) is 22.8 Å². The number of carboxylic acid groups (broad SMARTS) is 1. The number of hydrogen-bond donors (Lipinski definition) is 2. The number of hydrogen-bond acceptors (Lipinski definition) is 5. The molecule has 0 aliphatic heterocycles. The monoisotopic (exact) mass is 355 g/mol. The van der Waals surface area contributed by atoms with Crippen molar-refractivity contribution < 1.29 is 14.3 Å². The summed E-state index contributed by atoms with van der Waals surface area (Å²) in [5.74, 6) is -0.691. The molecule has 134 valence electrons. The zero-order valence-electron chi connectivity index (χ0n) is 14.3. The summed E-state index contributed by atoms with van der Waals surface area (Å²) < 4.78 is 14.9. The molecule has 1 aromatic carbocycles. The lowest BCUT2D eigenvalue weighted by Gasteiger charge is -2.21. The average molecular weight is 355 g/mol. The molecule has 0 amide bonds. The molecule has 3 N–H and O–H groups in total. The van der Waals surface area contributed by atoms with Gasteiger partial charge in [0.1, 0.15) is 17.3 Å². The second-order valence-electron chi connectivity index (χ2n) is 6.57. The zero-order chi connectivity index (χ0) is 18.9. The van der Waals surface area contributed by atoms with Crippen molar-refractivity contribution in [3.05, 3.63) is 48.7 Å². The Balaban J connectivity index is 2.17. The van der Waals surface area contributed by atoms with Gasteiger partial charge in [-0.15, -0.1) is 0 Å². The molecule has 0 unspecified atom stereocenters. The smallest absolute Gasteiger partial charge is 0.310 e. The lowest BCUT2D eigenvalue weighted by molar-refractivity contribution is -0.147. The Bertz CT molecular complexity index is 950. The third kappa shape index (κ3) is 3.39. The Labute approximate surface area is 149 Å². The maximum absolute atomic E-state index is 13.3. The van der Waals surface area contributed by atoms with Gasteiger partial charge in [-0.25, -0.2) is 19.3 Å². The molecule has 0 aliphatic rings. The third-order valence-corrected chi connectivity index (χ3v) is 3.99. The standard InChI is InChI=1S/C18H18FN5O2/c1-18(2,17(25)26)9-24-10-22-14(11-3-5-12(19)6-4-11)15(24)16-21-8-7-13(20)23-16/h3-8,10H,9H2,1-2H3,(H,25,26)(H2,20,21,23). The SMILES string of the molecule is CC(C)(Cn1cnc(-c2ccc(F)cc2)c1-c1nccc(N)n1)C(=O)O. The van der Waals surface area contributed by atoms with Crippen LogP contribution in [-0.2, 0) is 11.3 Å². The number of rotatable bonds is 5. The van der Waals surface area contributed by atoms with Crippen LogP contribution in [-0.4, -0.2) is 30.6 Å². The number of aliphatic carboxylic acids is 1. The number of imidazole rings is 1. The van der Waals surface area contributed by atoms with Gasteiger partial charge in [-0.3, -0.25) is 4.79 Å². The van der Waals surface area contributed by atoms with E-state index in [1.807, 2.05) is 0 Å². The van der Waals surface area contributed by atoms with Gasteiger partial charge in [0, 0.05) is 18.3 Å². The Morgan fingerprint density at radius 3 is 2.54 bits per heavy atom. The number of anilines is 1. The molecule has 0 saturated heterocycles. The zero-order valence-corrected chi connectivity index (χ0v) is 14.3. The number of nitrogen functional groups attached to an aromatic ring is 1. The van der Waals surface area contributed by atoms with E-state index in [1.54, 1.807) is 36.6 Å². The van der Waals surface area contributed by atoms with Crippen molar-refractivity contribution in [2.24, 2.45) is 5.41 Å². The minimum absolute atomic E-state index is 0.157. The quantitative estimate of drug-likeness (QED) is 0.729. The maximum Gasteiger partial charge on any atom is 0.310 e. The first-order chi connectivity index (χ1) is 12.3. The van der Waals surface area contributed by atoms with Crippen molar-refractivity contribution in [3.8, 4) is 22.8 Å². The van der Waals surface area contributed by atoms with Gasteiger partial charge in [-0.2, -0.15) is 0 Å². The first-order valence-corrected chi connectivity index (χ1v) is 7.91. The van der Waals surface area contributed by atoms with E-state index in [1.165, 1.54) is 24.7 Å². The molecule has 0 bridgehead atoms. The molecule has 2 aromatic heterocycles. The fourth-order valence-electron chi connectivity index (χ4n) is 2.54. The fourth-order valence-corrected chi connectivity index (χ4v) is 2.54. The van der Waals surface area contributed by atoms with Gasteiger partial charge in [0.25, 0.3) is 0 Å². The summed E-state index contributed by atoms with van der Waals surface area (Å²) in [6.45, 7) is 3.40. The maximum atomic E-state index is 13.3. The molecule has 0 fully saturated rings. The number of nitrogens with zero attached hydrogens (tertiary/aromatic N) is 4. The number of carboxylic acids is 1. The summed E-state index contributed by atoms with van der Waals surface area (Å²) in [5.41, 5.74) is 6.46. The van der Waals surface area contributed by atoms with Crippen molar-refractivity contribution >= 4 is 11.8 Å². The molecule has 2 heterocycles. The molecular weight excluding hydrogens is 337 g/mol. The van der Waals surface area contributed by atoms with Crippen LogP contribution < -0.4 is 5.73 Å². The van der Waals surface area contributed by atoms with Crippen LogP contribution >= 0.6 is 0 Å². The summed E-state index contributed by atoms with van der Waals surface area (Å²) in [5, 5.41) is 9.44. The highest BCUT2D eigenvalue weighted by Gasteiger charge is 2.30. The summed E-state index contributed by atoms with van der Waals surface area (Å²) in [7, 11) is 0. The van der Waals surface area contributed by atoms with Crippen molar-refractivity contribution in [1.82, 2.24) is 19.5 Å². The van der Waals surface area contributed by atoms with Gasteiger partial charge in [-0.05, 0) is 44.2 Å². The normalized spacial score (nSPS) is 11.5. The van der Waals surface area contributed by atoms with E-state index in [4.69, 9.17) is 5.73 Å². The number of aromatic nitrogens is 4. The Morgan fingerprint density at radius 1 is 1.23 bits per heavy atom. The third-order valence-electron chi connectivity index (χ3n) is 3.99. The molecule has 0 spiro atoms. The first kappa shape index (κ1) is 17.5. The lowest BCUT2D eigenvalue weighted by atomic mass is 9.93. The van der Waals surface area contributed by atoms with Crippen LogP contribution in [0.4, 0.5) is 10.2 Å². The van der Waals surface area contributed by atoms with Crippen LogP contribution in [0, 0.1) is 11.2 Å². The van der Waals surface area contributed by atoms with Crippen molar-refractivity contribution in [1.29, 1.82) is 0 Å². The predicted molar refractivity (Wildman–Crippen MR) is 94.5 cm³/mol. The van der Waals surface area contributed by atoms with Crippen LogP contribution in [0.5, 0.6) is 0 Å². The topological polar surface area (TPSA) is 107 Å². The fraction of sp³-hybridized carbons (Fsp3) is 0.222. The number of benzene rings is 1. The van der Waals surface area contributed by atoms with E-state index in [0.717, 1.165) is 0 Å². The number of halogens is 1. The van der Waals surface area contributed by atoms with E-state index in [-0.39, 0.29) is 18.2 Å². The summed E-state index contributed by atoms with van der Waals surface area (Å²) in [6.07, 6.45) is 3.05. The van der Waals surface area contributed by atoms with Gasteiger partial charge in [0.15, 0.2) is 5.82 Å². The summed E-state index contributed by atoms with van der Waals surface area (Å²) >= 11 is 0. The Hall–Kier alpha value is -3.29. The van der Waals surface area contributed by atoms with Crippen LogP contribution in [0.25, 0.3) is 22.8 Å². The molecule has 0 atom stereocenters. The lowest BCUT2D eigenvalue weighted by Crippen LogP contribution is -2.29. The minimum Gasteiger partial charge on any atom is -0.481 e. The molecule has 26 heavy (non-hydrogen) atoms. The summed E-state index contributed by atoms with van der Waals surface area (Å²) in [4.78, 5) is 24.4. The van der Waals surface area contributed by atoms with E-state index in [2.05, 4.69) is 15.0 Å². The average Bonchev–Trinajstić information content (AvgIpc) is 2.98. The molecule has 7 nitrogen and oxygen atoms in total. The molecule has 0 aliphatic carbocycles. The minimum atomic E-state index is -1.03. The Morgan fingerprint density at radius 2 is 1.92 bits per heavy atom. The first-order valence-electron chi connectivity index (χ1n) is 7.91. The van der Waals surface area contributed by atoms with Gasteiger partial charge in [0.2, 0.25) is 0 Å². The van der Waals surface area contributed by atoms with Gasteiger partial charge in [0.05, 0.1) is 17.4 Å². The van der Waals surface area contributed by atoms with Gasteiger partial charge < -0.3 is 15.4 Å². The second kappa shape index (κ2) is 6.55. The van der Waals surface area contributed by atoms with Gasteiger partial charge >= 0.3 is 5.97 Å². The molecule has 8 heteroatoms. The van der Waals surface area contributed by atoms with Crippen molar-refractivity contribution in [2.75, 3.05) is 5.73 Å². The van der Waals surface area contributed by atoms with Crippen LogP contribution in [0.1, 0.15) is 13.8 Å².